The Labute approximate surface area is 166 Å². The topological polar surface area (TPSA) is 93.0 Å². The highest BCUT2D eigenvalue weighted by molar-refractivity contribution is 5.91. The fourth-order valence-electron chi connectivity index (χ4n) is 3.38. The van der Waals surface area contributed by atoms with Gasteiger partial charge >= 0.3 is 0 Å². The van der Waals surface area contributed by atoms with E-state index in [1.165, 1.54) is 6.26 Å². The quantitative estimate of drug-likeness (QED) is 0.723. The number of anilines is 3. The largest absolute Gasteiger partial charge is 0.459 e. The van der Waals surface area contributed by atoms with Crippen molar-refractivity contribution < 1.29 is 18.7 Å². The van der Waals surface area contributed by atoms with Gasteiger partial charge in [0.05, 0.1) is 6.26 Å². The molecule has 0 aliphatic carbocycles. The third-order valence-electron chi connectivity index (χ3n) is 4.89. The van der Waals surface area contributed by atoms with Crippen molar-refractivity contribution >= 4 is 23.4 Å². The van der Waals surface area contributed by atoms with Gasteiger partial charge in [-0.2, -0.15) is 4.98 Å². The number of aromatic nitrogens is 2. The van der Waals surface area contributed by atoms with E-state index in [0.29, 0.717) is 43.6 Å². The molecule has 9 heteroatoms. The second-order valence-corrected chi connectivity index (χ2v) is 6.69. The molecule has 4 heterocycles. The number of hydrogen-bond acceptors (Lipinski definition) is 8. The number of nitrogens with one attached hydrogen (secondary N) is 1. The molecule has 0 saturated carbocycles. The Kier molecular flexibility index (Phi) is 4.39. The minimum Gasteiger partial charge on any atom is -0.459 e. The highest BCUT2D eigenvalue weighted by atomic mass is 16.7. The number of ether oxygens (including phenoxy) is 2. The van der Waals surface area contributed by atoms with Gasteiger partial charge in [0.1, 0.15) is 5.82 Å². The molecule has 2 aromatic heterocycles. The first-order valence-corrected chi connectivity index (χ1v) is 9.34. The summed E-state index contributed by atoms with van der Waals surface area (Å²) in [6.07, 6.45) is 3.23. The minimum atomic E-state index is -0.0810. The van der Waals surface area contributed by atoms with E-state index in [0.717, 1.165) is 17.3 Å². The van der Waals surface area contributed by atoms with E-state index >= 15 is 0 Å². The van der Waals surface area contributed by atoms with Gasteiger partial charge in [0, 0.05) is 44.1 Å². The summed E-state index contributed by atoms with van der Waals surface area (Å²) in [5, 5.41) is 3.20. The van der Waals surface area contributed by atoms with Crippen molar-refractivity contribution in [2.24, 2.45) is 0 Å². The first-order chi connectivity index (χ1) is 14.3. The number of hydrogen-bond donors (Lipinski definition) is 1. The van der Waals surface area contributed by atoms with Gasteiger partial charge in [0.15, 0.2) is 17.3 Å². The monoisotopic (exact) mass is 393 g/mol. The van der Waals surface area contributed by atoms with Gasteiger partial charge in [-0.3, -0.25) is 4.79 Å². The van der Waals surface area contributed by atoms with Crippen LogP contribution >= 0.6 is 0 Å². The van der Waals surface area contributed by atoms with Crippen LogP contribution in [0.5, 0.6) is 11.5 Å². The van der Waals surface area contributed by atoms with Crippen LogP contribution in [0.15, 0.2) is 53.3 Å². The Morgan fingerprint density at radius 3 is 2.72 bits per heavy atom. The molecule has 1 fully saturated rings. The maximum atomic E-state index is 12.4. The number of fused-ring (bicyclic) bond motifs is 1. The van der Waals surface area contributed by atoms with E-state index in [1.54, 1.807) is 23.2 Å². The van der Waals surface area contributed by atoms with Crippen molar-refractivity contribution in [3.05, 3.63) is 54.6 Å². The zero-order chi connectivity index (χ0) is 19.6. The van der Waals surface area contributed by atoms with Crippen molar-refractivity contribution in [3.63, 3.8) is 0 Å². The summed E-state index contributed by atoms with van der Waals surface area (Å²) in [6.45, 7) is 2.82. The Morgan fingerprint density at radius 1 is 1.03 bits per heavy atom. The first kappa shape index (κ1) is 17.4. The van der Waals surface area contributed by atoms with E-state index in [2.05, 4.69) is 20.2 Å². The SMILES string of the molecule is O=C(c1ccco1)N1CCN(c2ccnc(Nc3ccc4c(c3)OCO4)n2)CC1. The fourth-order valence-corrected chi connectivity index (χ4v) is 3.38. The van der Waals surface area contributed by atoms with Crippen LogP contribution in [0.2, 0.25) is 0 Å². The molecular weight excluding hydrogens is 374 g/mol. The number of carbonyl (C=O) groups is 1. The van der Waals surface area contributed by atoms with E-state index < -0.39 is 0 Å². The predicted molar refractivity (Wildman–Crippen MR) is 105 cm³/mol. The smallest absolute Gasteiger partial charge is 0.289 e. The Morgan fingerprint density at radius 2 is 1.90 bits per heavy atom. The summed E-state index contributed by atoms with van der Waals surface area (Å²) in [5.74, 6) is 3.03. The number of furan rings is 1. The third kappa shape index (κ3) is 3.54. The summed E-state index contributed by atoms with van der Waals surface area (Å²) in [7, 11) is 0. The molecule has 0 radical (unpaired) electrons. The number of carbonyl (C=O) groups excluding carboxylic acids is 1. The zero-order valence-corrected chi connectivity index (χ0v) is 15.6. The molecule has 1 aromatic carbocycles. The van der Waals surface area contributed by atoms with E-state index in [4.69, 9.17) is 13.9 Å². The summed E-state index contributed by atoms with van der Waals surface area (Å²) in [5.41, 5.74) is 0.820. The number of amides is 1. The van der Waals surface area contributed by atoms with E-state index in [9.17, 15) is 4.79 Å². The molecular formula is C20H19N5O4. The average molecular weight is 393 g/mol. The average Bonchev–Trinajstić information content (AvgIpc) is 3.45. The lowest BCUT2D eigenvalue weighted by Crippen LogP contribution is -2.49. The second kappa shape index (κ2) is 7.34. The molecule has 29 heavy (non-hydrogen) atoms. The Bertz CT molecular complexity index is 1020. The van der Waals surface area contributed by atoms with Crippen LogP contribution in [-0.4, -0.2) is 53.7 Å². The molecule has 1 amide bonds. The molecule has 148 valence electrons. The van der Waals surface area contributed by atoms with Crippen molar-refractivity contribution in [2.45, 2.75) is 0 Å². The fraction of sp³-hybridized carbons (Fsp3) is 0.250. The summed E-state index contributed by atoms with van der Waals surface area (Å²) < 4.78 is 15.9. The molecule has 0 atom stereocenters. The lowest BCUT2D eigenvalue weighted by molar-refractivity contribution is 0.0714. The normalized spacial score (nSPS) is 15.4. The highest BCUT2D eigenvalue weighted by Gasteiger charge is 2.24. The summed E-state index contributed by atoms with van der Waals surface area (Å²) in [6, 6.07) is 10.9. The van der Waals surface area contributed by atoms with Gasteiger partial charge in [0.2, 0.25) is 12.7 Å². The number of benzene rings is 1. The van der Waals surface area contributed by atoms with Crippen LogP contribution in [0.4, 0.5) is 17.5 Å². The van der Waals surface area contributed by atoms with Gasteiger partial charge in [-0.05, 0) is 30.3 Å². The second-order valence-electron chi connectivity index (χ2n) is 6.69. The molecule has 5 rings (SSSR count). The molecule has 0 spiro atoms. The van der Waals surface area contributed by atoms with Crippen molar-refractivity contribution in [1.29, 1.82) is 0 Å². The standard InChI is InChI=1S/C20H19N5O4/c26-19(16-2-1-11-27-16)25-9-7-24(8-10-25)18-5-6-21-20(23-18)22-14-3-4-15-17(12-14)29-13-28-15/h1-6,11-12H,7-10,13H2,(H,21,22,23). The third-order valence-corrected chi connectivity index (χ3v) is 4.89. The predicted octanol–water partition coefficient (Wildman–Crippen LogP) is 2.50. The van der Waals surface area contributed by atoms with Gasteiger partial charge in [-0.15, -0.1) is 0 Å². The number of nitrogens with zero attached hydrogens (tertiary/aromatic N) is 4. The van der Waals surface area contributed by atoms with Gasteiger partial charge in [-0.1, -0.05) is 0 Å². The molecule has 1 N–H and O–H groups in total. The van der Waals surface area contributed by atoms with Crippen LogP contribution in [0.3, 0.4) is 0 Å². The number of piperazine rings is 1. The van der Waals surface area contributed by atoms with Crippen LogP contribution in [0.25, 0.3) is 0 Å². The van der Waals surface area contributed by atoms with Gasteiger partial charge in [-0.25, -0.2) is 4.98 Å². The van der Waals surface area contributed by atoms with Crippen LogP contribution in [0, 0.1) is 0 Å². The minimum absolute atomic E-state index is 0.0810. The molecule has 0 unspecified atom stereocenters. The highest BCUT2D eigenvalue weighted by Crippen LogP contribution is 2.34. The van der Waals surface area contributed by atoms with Crippen molar-refractivity contribution in [1.82, 2.24) is 14.9 Å². The van der Waals surface area contributed by atoms with E-state index in [1.807, 2.05) is 24.3 Å². The van der Waals surface area contributed by atoms with Gasteiger partial charge in [0.25, 0.3) is 5.91 Å². The van der Waals surface area contributed by atoms with Gasteiger partial charge < -0.3 is 29.0 Å². The van der Waals surface area contributed by atoms with Crippen LogP contribution in [-0.2, 0) is 0 Å². The maximum absolute atomic E-state index is 12.4. The molecule has 2 aliphatic rings. The molecule has 2 aliphatic heterocycles. The lowest BCUT2D eigenvalue weighted by atomic mass is 10.2. The molecule has 1 saturated heterocycles. The van der Waals surface area contributed by atoms with Crippen LogP contribution < -0.4 is 19.7 Å². The molecule has 9 nitrogen and oxygen atoms in total. The summed E-state index contributed by atoms with van der Waals surface area (Å²) in [4.78, 5) is 25.2. The Hall–Kier alpha value is -3.75. The van der Waals surface area contributed by atoms with Crippen molar-refractivity contribution in [3.8, 4) is 11.5 Å². The van der Waals surface area contributed by atoms with Crippen LogP contribution in [0.1, 0.15) is 10.6 Å². The molecule has 3 aromatic rings. The number of rotatable bonds is 4. The maximum Gasteiger partial charge on any atom is 0.289 e. The summed E-state index contributed by atoms with van der Waals surface area (Å²) >= 11 is 0. The lowest BCUT2D eigenvalue weighted by Gasteiger charge is -2.35. The Balaban J connectivity index is 1.24. The first-order valence-electron chi connectivity index (χ1n) is 9.34. The molecule has 0 bridgehead atoms. The van der Waals surface area contributed by atoms with Crippen molar-refractivity contribution in [2.75, 3.05) is 43.2 Å². The van der Waals surface area contributed by atoms with E-state index in [-0.39, 0.29) is 12.7 Å². The zero-order valence-electron chi connectivity index (χ0n) is 15.6.